The number of aliphatic imine (C=N–C) groups is 1. The number of carboxylic acid groups (broad SMARTS) is 1. The van der Waals surface area contributed by atoms with E-state index in [0.29, 0.717) is 45.2 Å². The molecule has 190 valence electrons. The van der Waals surface area contributed by atoms with Crippen molar-refractivity contribution in [1.29, 1.82) is 0 Å². The number of nitrogens with one attached hydrogen (secondary N) is 3. The molecule has 0 aromatic rings. The van der Waals surface area contributed by atoms with E-state index in [1.807, 2.05) is 13.8 Å². The van der Waals surface area contributed by atoms with Gasteiger partial charge >= 0.3 is 5.97 Å². The number of unbranched alkanes of at least 4 members (excludes halogenated alkanes) is 1. The zero-order valence-electron chi connectivity index (χ0n) is 19.5. The van der Waals surface area contributed by atoms with Gasteiger partial charge in [0.2, 0.25) is 17.7 Å². The molecule has 12 N–H and O–H groups in total. The van der Waals surface area contributed by atoms with Crippen molar-refractivity contribution in [2.45, 2.75) is 70.5 Å². The Balaban J connectivity index is 4.75. The molecule has 3 amide bonds. The van der Waals surface area contributed by atoms with Crippen molar-refractivity contribution < 1.29 is 24.3 Å². The van der Waals surface area contributed by atoms with E-state index in [4.69, 9.17) is 22.9 Å². The quantitative estimate of drug-likeness (QED) is 0.0644. The van der Waals surface area contributed by atoms with Gasteiger partial charge in [0.1, 0.15) is 12.1 Å². The highest BCUT2D eigenvalue weighted by molar-refractivity contribution is 5.92. The third-order valence-electron chi connectivity index (χ3n) is 4.65. The molecule has 0 aromatic carbocycles. The normalized spacial score (nSPS) is 13.5. The number of nitrogens with two attached hydrogens (primary N) is 4. The molecule has 0 aromatic heterocycles. The van der Waals surface area contributed by atoms with Crippen LogP contribution in [0.2, 0.25) is 0 Å². The van der Waals surface area contributed by atoms with Gasteiger partial charge in [-0.05, 0) is 51.0 Å². The summed E-state index contributed by atoms with van der Waals surface area (Å²) in [6.07, 6.45) is 2.53. The van der Waals surface area contributed by atoms with E-state index in [2.05, 4.69) is 20.9 Å². The Morgan fingerprint density at radius 2 is 1.61 bits per heavy atom. The summed E-state index contributed by atoms with van der Waals surface area (Å²) >= 11 is 0. The summed E-state index contributed by atoms with van der Waals surface area (Å²) in [7, 11) is 0. The summed E-state index contributed by atoms with van der Waals surface area (Å²) in [5.74, 6) is -2.86. The second-order valence-electron chi connectivity index (χ2n) is 8.21. The topological polar surface area (TPSA) is 241 Å². The van der Waals surface area contributed by atoms with Gasteiger partial charge in [-0.1, -0.05) is 13.8 Å². The minimum Gasteiger partial charge on any atom is -0.480 e. The lowest BCUT2D eigenvalue weighted by molar-refractivity contribution is -0.142. The van der Waals surface area contributed by atoms with Gasteiger partial charge in [-0.15, -0.1) is 0 Å². The number of carbonyl (C=O) groups excluding carboxylic acids is 3. The predicted octanol–water partition coefficient (Wildman–Crippen LogP) is -2.29. The molecular formula is C20H40N8O5. The van der Waals surface area contributed by atoms with Crippen LogP contribution in [-0.4, -0.2) is 72.5 Å². The van der Waals surface area contributed by atoms with Crippen LogP contribution in [0.1, 0.15) is 52.4 Å². The minimum absolute atomic E-state index is 0.0464. The van der Waals surface area contributed by atoms with Gasteiger partial charge in [0.05, 0.1) is 12.6 Å². The minimum atomic E-state index is -1.16. The Morgan fingerprint density at radius 1 is 0.939 bits per heavy atom. The maximum atomic E-state index is 12.7. The fourth-order valence-corrected chi connectivity index (χ4v) is 2.92. The molecule has 0 aliphatic heterocycles. The van der Waals surface area contributed by atoms with Crippen LogP contribution < -0.4 is 38.9 Å². The van der Waals surface area contributed by atoms with Crippen molar-refractivity contribution in [3.63, 3.8) is 0 Å². The van der Waals surface area contributed by atoms with Gasteiger partial charge in [0.25, 0.3) is 0 Å². The van der Waals surface area contributed by atoms with E-state index in [9.17, 15) is 24.3 Å². The van der Waals surface area contributed by atoms with Crippen molar-refractivity contribution >= 4 is 29.7 Å². The summed E-state index contributed by atoms with van der Waals surface area (Å²) in [5.41, 5.74) is 21.7. The first-order valence-electron chi connectivity index (χ1n) is 11.1. The molecule has 0 bridgehead atoms. The highest BCUT2D eigenvalue weighted by Crippen LogP contribution is 2.07. The number of guanidine groups is 1. The molecule has 0 saturated carbocycles. The van der Waals surface area contributed by atoms with Crippen molar-refractivity contribution in [2.75, 3.05) is 19.6 Å². The van der Waals surface area contributed by atoms with E-state index in [1.165, 1.54) is 0 Å². The van der Waals surface area contributed by atoms with Crippen LogP contribution in [-0.2, 0) is 19.2 Å². The zero-order chi connectivity index (χ0) is 25.4. The number of carboxylic acids is 1. The summed E-state index contributed by atoms with van der Waals surface area (Å²) in [6, 6.07) is -2.86. The second-order valence-corrected chi connectivity index (χ2v) is 8.21. The van der Waals surface area contributed by atoms with Crippen LogP contribution in [0.15, 0.2) is 4.99 Å². The molecule has 13 nitrogen and oxygen atoms in total. The molecule has 33 heavy (non-hydrogen) atoms. The van der Waals surface area contributed by atoms with Crippen molar-refractivity contribution in [3.05, 3.63) is 0 Å². The molecule has 0 spiro atoms. The van der Waals surface area contributed by atoms with Crippen LogP contribution in [0.25, 0.3) is 0 Å². The molecule has 0 heterocycles. The van der Waals surface area contributed by atoms with Crippen molar-refractivity contribution in [3.8, 4) is 0 Å². The van der Waals surface area contributed by atoms with E-state index >= 15 is 0 Å². The molecule has 3 atom stereocenters. The fraction of sp³-hybridized carbons (Fsp3) is 0.750. The zero-order valence-corrected chi connectivity index (χ0v) is 19.5. The van der Waals surface area contributed by atoms with Gasteiger partial charge in [-0.25, -0.2) is 4.79 Å². The summed E-state index contributed by atoms with van der Waals surface area (Å²) in [6.45, 7) is 4.12. The van der Waals surface area contributed by atoms with Crippen LogP contribution in [0.3, 0.4) is 0 Å². The first-order valence-corrected chi connectivity index (χ1v) is 11.1. The van der Waals surface area contributed by atoms with E-state index in [1.54, 1.807) is 0 Å². The molecule has 0 saturated heterocycles. The molecular weight excluding hydrogens is 432 g/mol. The predicted molar refractivity (Wildman–Crippen MR) is 125 cm³/mol. The lowest BCUT2D eigenvalue weighted by Gasteiger charge is -2.23. The van der Waals surface area contributed by atoms with Gasteiger partial charge in [0.15, 0.2) is 5.96 Å². The Bertz CT molecular complexity index is 667. The third kappa shape index (κ3) is 14.7. The maximum Gasteiger partial charge on any atom is 0.326 e. The average Bonchev–Trinajstić information content (AvgIpc) is 2.73. The number of carbonyl (C=O) groups is 4. The van der Waals surface area contributed by atoms with Crippen LogP contribution >= 0.6 is 0 Å². The lowest BCUT2D eigenvalue weighted by atomic mass is 10.0. The molecule has 0 aliphatic rings. The van der Waals surface area contributed by atoms with Crippen molar-refractivity contribution in [1.82, 2.24) is 16.0 Å². The molecule has 3 unspecified atom stereocenters. The van der Waals surface area contributed by atoms with E-state index in [-0.39, 0.29) is 24.8 Å². The number of amides is 3. The molecule has 0 fully saturated rings. The van der Waals surface area contributed by atoms with Crippen LogP contribution in [0.4, 0.5) is 0 Å². The van der Waals surface area contributed by atoms with E-state index in [0.717, 1.165) is 0 Å². The number of hydrogen-bond donors (Lipinski definition) is 8. The Kier molecular flexibility index (Phi) is 15.2. The summed E-state index contributed by atoms with van der Waals surface area (Å²) < 4.78 is 0. The fourth-order valence-electron chi connectivity index (χ4n) is 2.92. The third-order valence-corrected chi connectivity index (χ3v) is 4.65. The SMILES string of the molecule is CC(C)CC(NC(=O)CNC(=O)C(N)CCCN=C(N)N)C(=O)NC(CCCCN)C(=O)O. The summed E-state index contributed by atoms with van der Waals surface area (Å²) in [4.78, 5) is 52.3. The van der Waals surface area contributed by atoms with E-state index < -0.39 is 41.8 Å². The number of aliphatic carboxylic acids is 1. The first kappa shape index (κ1) is 30.1. The Morgan fingerprint density at radius 3 is 2.15 bits per heavy atom. The molecule has 13 heteroatoms. The van der Waals surface area contributed by atoms with Crippen LogP contribution in [0.5, 0.6) is 0 Å². The Hall–Kier alpha value is -2.93. The Labute approximate surface area is 194 Å². The van der Waals surface area contributed by atoms with Gasteiger partial charge < -0.3 is 44.0 Å². The van der Waals surface area contributed by atoms with Gasteiger partial charge in [-0.2, -0.15) is 0 Å². The first-order chi connectivity index (χ1) is 15.5. The number of nitrogens with zero attached hydrogens (tertiary/aromatic N) is 1. The van der Waals surface area contributed by atoms with Crippen LogP contribution in [0, 0.1) is 5.92 Å². The highest BCUT2D eigenvalue weighted by Gasteiger charge is 2.27. The van der Waals surface area contributed by atoms with Gasteiger partial charge in [0, 0.05) is 6.54 Å². The molecule has 0 rings (SSSR count). The monoisotopic (exact) mass is 472 g/mol. The molecule has 0 radical (unpaired) electrons. The average molecular weight is 473 g/mol. The standard InChI is InChI=1S/C20H40N8O5/c1-12(2)10-15(18(31)28-14(19(32)33)7-3-4-8-21)27-16(29)11-26-17(30)13(22)6-5-9-25-20(23)24/h12-15H,3-11,21-22H2,1-2H3,(H,26,30)(H,27,29)(H,28,31)(H,32,33)(H4,23,24,25). The van der Waals surface area contributed by atoms with Crippen molar-refractivity contribution in [2.24, 2.45) is 33.8 Å². The summed E-state index contributed by atoms with van der Waals surface area (Å²) in [5, 5.41) is 16.8. The second kappa shape index (κ2) is 16.7. The maximum absolute atomic E-state index is 12.7. The number of hydrogen-bond acceptors (Lipinski definition) is 7. The highest BCUT2D eigenvalue weighted by atomic mass is 16.4. The van der Waals surface area contributed by atoms with Gasteiger partial charge in [-0.3, -0.25) is 19.4 Å². The molecule has 0 aliphatic carbocycles. The lowest BCUT2D eigenvalue weighted by Crippen LogP contribution is -2.54. The smallest absolute Gasteiger partial charge is 0.326 e. The largest absolute Gasteiger partial charge is 0.480 e. The number of rotatable bonds is 17.